The van der Waals surface area contributed by atoms with Crippen LogP contribution in [-0.4, -0.2) is 14.5 Å². The molecule has 3 aromatic heterocycles. The summed E-state index contributed by atoms with van der Waals surface area (Å²) in [6.45, 7) is 0. The molecule has 4 rings (SSSR count). The Morgan fingerprint density at radius 3 is 3.25 bits per heavy atom. The van der Waals surface area contributed by atoms with Gasteiger partial charge in [-0.3, -0.25) is 0 Å². The first kappa shape index (κ1) is 11.9. The fourth-order valence-electron chi connectivity index (χ4n) is 2.97. The predicted octanol–water partition coefficient (Wildman–Crippen LogP) is 3.52. The summed E-state index contributed by atoms with van der Waals surface area (Å²) in [5, 5.41) is 5.79. The standard InChI is InChI=1S/C15H16N4S/c1-19-9-17-14-12(19)5-7-16-15(14)18-11-3-2-4-13-10(11)6-8-20-13/h5-9,11H,2-4H2,1H3,(H,16,18). The van der Waals surface area contributed by atoms with Gasteiger partial charge in [-0.15, -0.1) is 11.3 Å². The Bertz CT molecular complexity index is 758. The fourth-order valence-corrected chi connectivity index (χ4v) is 3.96. The van der Waals surface area contributed by atoms with Crippen LogP contribution in [0.25, 0.3) is 11.0 Å². The van der Waals surface area contributed by atoms with Gasteiger partial charge in [0.2, 0.25) is 0 Å². The highest BCUT2D eigenvalue weighted by Gasteiger charge is 2.22. The van der Waals surface area contributed by atoms with Gasteiger partial charge in [-0.25, -0.2) is 9.97 Å². The van der Waals surface area contributed by atoms with E-state index in [2.05, 4.69) is 26.7 Å². The molecule has 0 fully saturated rings. The number of nitrogens with zero attached hydrogens (tertiary/aromatic N) is 3. The Balaban J connectivity index is 1.73. The van der Waals surface area contributed by atoms with E-state index in [9.17, 15) is 0 Å². The molecule has 0 bridgehead atoms. The fraction of sp³-hybridized carbons (Fsp3) is 0.333. The predicted molar refractivity (Wildman–Crippen MR) is 82.1 cm³/mol. The van der Waals surface area contributed by atoms with Crippen molar-refractivity contribution in [3.05, 3.63) is 40.5 Å². The molecular weight excluding hydrogens is 268 g/mol. The van der Waals surface area contributed by atoms with E-state index in [0.717, 1.165) is 23.3 Å². The van der Waals surface area contributed by atoms with Gasteiger partial charge in [0.1, 0.15) is 5.52 Å². The molecule has 0 radical (unpaired) electrons. The molecule has 5 heteroatoms. The minimum Gasteiger partial charge on any atom is -0.361 e. The normalized spacial score (nSPS) is 18.1. The summed E-state index contributed by atoms with van der Waals surface area (Å²) in [5.41, 5.74) is 3.51. The van der Waals surface area contributed by atoms with Gasteiger partial charge in [-0.05, 0) is 42.3 Å². The summed E-state index contributed by atoms with van der Waals surface area (Å²) >= 11 is 1.87. The van der Waals surface area contributed by atoms with Crippen LogP contribution in [0.15, 0.2) is 30.0 Å². The average Bonchev–Trinajstić information content (AvgIpc) is 3.08. The van der Waals surface area contributed by atoms with Gasteiger partial charge < -0.3 is 9.88 Å². The zero-order chi connectivity index (χ0) is 13.5. The van der Waals surface area contributed by atoms with Crippen LogP contribution in [0.1, 0.15) is 29.3 Å². The number of fused-ring (bicyclic) bond motifs is 2. The molecule has 1 aliphatic rings. The first-order valence-electron chi connectivity index (χ1n) is 6.92. The van der Waals surface area contributed by atoms with E-state index in [-0.39, 0.29) is 0 Å². The summed E-state index contributed by atoms with van der Waals surface area (Å²) in [7, 11) is 2.01. The van der Waals surface area contributed by atoms with Gasteiger partial charge in [0.05, 0.1) is 17.9 Å². The summed E-state index contributed by atoms with van der Waals surface area (Å²) in [4.78, 5) is 10.5. The lowest BCUT2D eigenvalue weighted by atomic mass is 9.94. The Hall–Kier alpha value is -1.88. The Labute approximate surface area is 121 Å². The quantitative estimate of drug-likeness (QED) is 0.783. The number of nitrogens with one attached hydrogen (secondary N) is 1. The summed E-state index contributed by atoms with van der Waals surface area (Å²) in [6.07, 6.45) is 7.31. The molecule has 0 aromatic carbocycles. The van der Waals surface area contributed by atoms with Crippen LogP contribution in [0, 0.1) is 0 Å². The molecule has 0 amide bonds. The van der Waals surface area contributed by atoms with E-state index < -0.39 is 0 Å². The molecule has 1 unspecified atom stereocenters. The second-order valence-electron chi connectivity index (χ2n) is 5.27. The lowest BCUT2D eigenvalue weighted by Crippen LogP contribution is -2.16. The maximum atomic E-state index is 4.49. The molecule has 0 spiro atoms. The van der Waals surface area contributed by atoms with E-state index in [0.29, 0.717) is 6.04 Å². The number of anilines is 1. The zero-order valence-electron chi connectivity index (χ0n) is 11.3. The van der Waals surface area contributed by atoms with Crippen molar-refractivity contribution in [3.8, 4) is 0 Å². The Morgan fingerprint density at radius 2 is 2.30 bits per heavy atom. The zero-order valence-corrected chi connectivity index (χ0v) is 12.2. The van der Waals surface area contributed by atoms with Crippen molar-refractivity contribution < 1.29 is 0 Å². The summed E-state index contributed by atoms with van der Waals surface area (Å²) in [5.74, 6) is 0.896. The monoisotopic (exact) mass is 284 g/mol. The molecule has 1 atom stereocenters. The second-order valence-corrected chi connectivity index (χ2v) is 6.27. The third-order valence-corrected chi connectivity index (χ3v) is 5.00. The van der Waals surface area contributed by atoms with Crippen LogP contribution >= 0.6 is 11.3 Å². The molecular formula is C15H16N4S. The van der Waals surface area contributed by atoms with Crippen molar-refractivity contribution in [2.75, 3.05) is 5.32 Å². The van der Waals surface area contributed by atoms with Crippen molar-refractivity contribution in [1.82, 2.24) is 14.5 Å². The van der Waals surface area contributed by atoms with Crippen molar-refractivity contribution in [3.63, 3.8) is 0 Å². The number of hydrogen-bond donors (Lipinski definition) is 1. The Morgan fingerprint density at radius 1 is 1.35 bits per heavy atom. The van der Waals surface area contributed by atoms with Gasteiger partial charge in [0.15, 0.2) is 5.82 Å². The molecule has 3 aromatic rings. The second kappa shape index (κ2) is 4.59. The number of rotatable bonds is 2. The molecule has 0 saturated heterocycles. The summed E-state index contributed by atoms with van der Waals surface area (Å²) < 4.78 is 2.03. The van der Waals surface area contributed by atoms with Crippen molar-refractivity contribution in [2.24, 2.45) is 7.05 Å². The molecule has 0 aliphatic heterocycles. The molecule has 20 heavy (non-hydrogen) atoms. The van der Waals surface area contributed by atoms with Crippen LogP contribution in [0.5, 0.6) is 0 Å². The number of aryl methyl sites for hydroxylation is 2. The van der Waals surface area contributed by atoms with Gasteiger partial charge in [0.25, 0.3) is 0 Å². The third-order valence-electron chi connectivity index (χ3n) is 4.01. The smallest absolute Gasteiger partial charge is 0.154 e. The average molecular weight is 284 g/mol. The van der Waals surface area contributed by atoms with Crippen molar-refractivity contribution >= 4 is 28.2 Å². The van der Waals surface area contributed by atoms with E-state index in [4.69, 9.17) is 0 Å². The van der Waals surface area contributed by atoms with Crippen LogP contribution in [0.2, 0.25) is 0 Å². The first-order chi connectivity index (χ1) is 9.83. The van der Waals surface area contributed by atoms with E-state index in [1.807, 2.05) is 41.5 Å². The maximum absolute atomic E-state index is 4.49. The van der Waals surface area contributed by atoms with Crippen molar-refractivity contribution in [1.29, 1.82) is 0 Å². The van der Waals surface area contributed by atoms with Gasteiger partial charge >= 0.3 is 0 Å². The van der Waals surface area contributed by atoms with E-state index in [1.165, 1.54) is 23.3 Å². The number of aromatic nitrogens is 3. The summed E-state index contributed by atoms with van der Waals surface area (Å²) in [6, 6.07) is 4.62. The van der Waals surface area contributed by atoms with Crippen LogP contribution in [0.3, 0.4) is 0 Å². The molecule has 1 N–H and O–H groups in total. The lowest BCUT2D eigenvalue weighted by Gasteiger charge is -2.24. The molecule has 0 saturated carbocycles. The highest BCUT2D eigenvalue weighted by Crippen LogP contribution is 2.36. The number of pyridine rings is 1. The minimum atomic E-state index is 0.366. The maximum Gasteiger partial charge on any atom is 0.154 e. The van der Waals surface area contributed by atoms with Gasteiger partial charge in [0, 0.05) is 18.1 Å². The highest BCUT2D eigenvalue weighted by atomic mass is 32.1. The van der Waals surface area contributed by atoms with Crippen LogP contribution in [-0.2, 0) is 13.5 Å². The molecule has 4 nitrogen and oxygen atoms in total. The van der Waals surface area contributed by atoms with Crippen LogP contribution in [0.4, 0.5) is 5.82 Å². The van der Waals surface area contributed by atoms with E-state index >= 15 is 0 Å². The SMILES string of the molecule is Cn1cnc2c(NC3CCCc4sccc43)nccc21. The number of imidazole rings is 1. The lowest BCUT2D eigenvalue weighted by molar-refractivity contribution is 0.607. The van der Waals surface area contributed by atoms with Crippen LogP contribution < -0.4 is 5.32 Å². The van der Waals surface area contributed by atoms with Gasteiger partial charge in [-0.2, -0.15) is 0 Å². The molecule has 102 valence electrons. The van der Waals surface area contributed by atoms with Gasteiger partial charge in [-0.1, -0.05) is 0 Å². The van der Waals surface area contributed by atoms with E-state index in [1.54, 1.807) is 0 Å². The largest absolute Gasteiger partial charge is 0.361 e. The highest BCUT2D eigenvalue weighted by molar-refractivity contribution is 7.10. The minimum absolute atomic E-state index is 0.366. The number of hydrogen-bond acceptors (Lipinski definition) is 4. The topological polar surface area (TPSA) is 42.7 Å². The first-order valence-corrected chi connectivity index (χ1v) is 7.80. The number of thiophene rings is 1. The Kier molecular flexibility index (Phi) is 2.73. The van der Waals surface area contributed by atoms with Crippen molar-refractivity contribution in [2.45, 2.75) is 25.3 Å². The molecule has 1 aliphatic carbocycles. The molecule has 3 heterocycles. The third kappa shape index (κ3) is 1.81.